The van der Waals surface area contributed by atoms with Crippen LogP contribution in [0.4, 0.5) is 26.4 Å². The third-order valence-corrected chi connectivity index (χ3v) is 4.58. The molecule has 1 saturated heterocycles. The van der Waals surface area contributed by atoms with Crippen molar-refractivity contribution < 1.29 is 18.7 Å². The van der Waals surface area contributed by atoms with E-state index in [1.807, 2.05) is 20.8 Å². The van der Waals surface area contributed by atoms with Gasteiger partial charge in [0.15, 0.2) is 0 Å². The predicted molar refractivity (Wildman–Crippen MR) is 113 cm³/mol. The normalized spacial score (nSPS) is 14.5. The van der Waals surface area contributed by atoms with Crippen LogP contribution >= 0.6 is 0 Å². The Labute approximate surface area is 175 Å². The molecule has 1 aliphatic heterocycles. The van der Waals surface area contributed by atoms with Gasteiger partial charge >= 0.3 is 6.09 Å². The topological polar surface area (TPSA) is 88.6 Å². The summed E-state index contributed by atoms with van der Waals surface area (Å²) in [5, 5.41) is 6.02. The van der Waals surface area contributed by atoms with Gasteiger partial charge in [0.05, 0.1) is 11.8 Å². The lowest BCUT2D eigenvalue weighted by molar-refractivity contribution is 0.0507. The van der Waals surface area contributed by atoms with Crippen molar-refractivity contribution in [2.75, 3.05) is 30.3 Å². The number of aromatic nitrogens is 2. The molecule has 9 heteroatoms. The Balaban J connectivity index is 1.56. The molecule has 1 aliphatic rings. The first kappa shape index (κ1) is 21.6. The van der Waals surface area contributed by atoms with Crippen LogP contribution in [0, 0.1) is 5.82 Å². The molecule has 3 rings (SSSR count). The van der Waals surface area contributed by atoms with E-state index >= 15 is 0 Å². The molecule has 2 N–H and O–H groups in total. The molecule has 30 heavy (non-hydrogen) atoms. The van der Waals surface area contributed by atoms with Gasteiger partial charge in [-0.1, -0.05) is 0 Å². The molecule has 1 amide bonds. The standard InChI is InChI=1S/C21H28FN5O3/c1-4-23-15-5-6-18(17(22)11-15)26-19-12-20(25-13-24-19)30-16-7-9-27(10-8-16)21(28)29-14(2)3/h5-6,11-14,16,23H,4,7-10H2,1-3H3,(H,24,25,26). The Morgan fingerprint density at radius 1 is 1.27 bits per heavy atom. The number of rotatable bonds is 7. The van der Waals surface area contributed by atoms with E-state index in [0.29, 0.717) is 43.3 Å². The molecule has 0 spiro atoms. The number of hydrogen-bond donors (Lipinski definition) is 2. The Morgan fingerprint density at radius 2 is 2.03 bits per heavy atom. The van der Waals surface area contributed by atoms with Crippen molar-refractivity contribution in [2.24, 2.45) is 0 Å². The number of nitrogens with one attached hydrogen (secondary N) is 2. The fourth-order valence-corrected chi connectivity index (χ4v) is 3.14. The van der Waals surface area contributed by atoms with Crippen LogP contribution in [0.25, 0.3) is 0 Å². The first-order valence-corrected chi connectivity index (χ1v) is 10.2. The van der Waals surface area contributed by atoms with E-state index in [1.54, 1.807) is 23.1 Å². The Kier molecular flexibility index (Phi) is 7.26. The van der Waals surface area contributed by atoms with Gasteiger partial charge in [0.1, 0.15) is 24.1 Å². The summed E-state index contributed by atoms with van der Waals surface area (Å²) < 4.78 is 25.5. The van der Waals surface area contributed by atoms with Gasteiger partial charge in [0.25, 0.3) is 0 Å². The van der Waals surface area contributed by atoms with E-state index in [2.05, 4.69) is 20.6 Å². The maximum Gasteiger partial charge on any atom is 0.410 e. The fourth-order valence-electron chi connectivity index (χ4n) is 3.14. The summed E-state index contributed by atoms with van der Waals surface area (Å²) in [7, 11) is 0. The number of amides is 1. The van der Waals surface area contributed by atoms with Crippen LogP contribution in [0.1, 0.15) is 33.6 Å². The minimum atomic E-state index is -0.379. The summed E-state index contributed by atoms with van der Waals surface area (Å²) in [4.78, 5) is 21.9. The molecule has 8 nitrogen and oxygen atoms in total. The van der Waals surface area contributed by atoms with Gasteiger partial charge in [-0.15, -0.1) is 0 Å². The first-order valence-electron chi connectivity index (χ1n) is 10.2. The highest BCUT2D eigenvalue weighted by Crippen LogP contribution is 2.24. The molecular formula is C21H28FN5O3. The molecule has 1 fully saturated rings. The maximum atomic E-state index is 14.3. The van der Waals surface area contributed by atoms with Crippen molar-refractivity contribution in [3.63, 3.8) is 0 Å². The summed E-state index contributed by atoms with van der Waals surface area (Å²) >= 11 is 0. The van der Waals surface area contributed by atoms with Crippen molar-refractivity contribution in [1.29, 1.82) is 0 Å². The van der Waals surface area contributed by atoms with E-state index in [9.17, 15) is 9.18 Å². The molecule has 0 unspecified atom stereocenters. The molecule has 0 saturated carbocycles. The molecular weight excluding hydrogens is 389 g/mol. The molecule has 1 aromatic heterocycles. The smallest absolute Gasteiger partial charge is 0.410 e. The minimum Gasteiger partial charge on any atom is -0.474 e. The van der Waals surface area contributed by atoms with Crippen LogP contribution < -0.4 is 15.4 Å². The molecule has 0 aliphatic carbocycles. The van der Waals surface area contributed by atoms with Gasteiger partial charge in [0.2, 0.25) is 5.88 Å². The van der Waals surface area contributed by atoms with Gasteiger partial charge in [-0.05, 0) is 39.0 Å². The van der Waals surface area contributed by atoms with Gasteiger partial charge in [-0.2, -0.15) is 0 Å². The van der Waals surface area contributed by atoms with E-state index < -0.39 is 0 Å². The Bertz CT molecular complexity index is 856. The zero-order valence-corrected chi connectivity index (χ0v) is 17.5. The molecule has 0 atom stereocenters. The molecule has 2 heterocycles. The van der Waals surface area contributed by atoms with E-state index in [-0.39, 0.29) is 24.1 Å². The number of benzene rings is 1. The number of hydrogen-bond acceptors (Lipinski definition) is 7. The van der Waals surface area contributed by atoms with Gasteiger partial charge in [0, 0.05) is 44.2 Å². The molecule has 0 bridgehead atoms. The number of piperidine rings is 1. The monoisotopic (exact) mass is 417 g/mol. The molecule has 1 aromatic carbocycles. The fraction of sp³-hybridized carbons (Fsp3) is 0.476. The second-order valence-corrected chi connectivity index (χ2v) is 7.33. The average molecular weight is 417 g/mol. The van der Waals surface area contributed by atoms with E-state index in [4.69, 9.17) is 9.47 Å². The number of likely N-dealkylation sites (tertiary alicyclic amines) is 1. The lowest BCUT2D eigenvalue weighted by Gasteiger charge is -2.31. The highest BCUT2D eigenvalue weighted by Gasteiger charge is 2.25. The SMILES string of the molecule is CCNc1ccc(Nc2cc(OC3CCN(C(=O)OC(C)C)CC3)ncn2)c(F)c1. The van der Waals surface area contributed by atoms with Gasteiger partial charge in [-0.3, -0.25) is 0 Å². The van der Waals surface area contributed by atoms with Crippen LogP contribution in [0.2, 0.25) is 0 Å². The van der Waals surface area contributed by atoms with E-state index in [1.165, 1.54) is 12.4 Å². The third kappa shape index (κ3) is 5.95. The highest BCUT2D eigenvalue weighted by atomic mass is 19.1. The molecule has 162 valence electrons. The predicted octanol–water partition coefficient (Wildman–Crippen LogP) is 4.18. The number of halogens is 1. The zero-order chi connectivity index (χ0) is 21.5. The van der Waals surface area contributed by atoms with Crippen LogP contribution in [0.15, 0.2) is 30.6 Å². The first-order chi connectivity index (χ1) is 14.4. The second-order valence-electron chi connectivity index (χ2n) is 7.33. The van der Waals surface area contributed by atoms with Gasteiger partial charge in [-0.25, -0.2) is 19.2 Å². The largest absolute Gasteiger partial charge is 0.474 e. The van der Waals surface area contributed by atoms with Crippen LogP contribution in [0.3, 0.4) is 0 Å². The highest BCUT2D eigenvalue weighted by molar-refractivity contribution is 5.67. The van der Waals surface area contributed by atoms with Crippen LogP contribution in [-0.4, -0.2) is 52.8 Å². The van der Waals surface area contributed by atoms with Crippen LogP contribution in [0.5, 0.6) is 5.88 Å². The lowest BCUT2D eigenvalue weighted by Crippen LogP contribution is -2.42. The summed E-state index contributed by atoms with van der Waals surface area (Å²) in [6, 6.07) is 6.52. The van der Waals surface area contributed by atoms with E-state index in [0.717, 1.165) is 12.2 Å². The van der Waals surface area contributed by atoms with Gasteiger partial charge < -0.3 is 25.0 Å². The summed E-state index contributed by atoms with van der Waals surface area (Å²) in [6.45, 7) is 7.46. The lowest BCUT2D eigenvalue weighted by atomic mass is 10.1. The van der Waals surface area contributed by atoms with Crippen molar-refractivity contribution >= 4 is 23.3 Å². The number of nitrogens with zero attached hydrogens (tertiary/aromatic N) is 3. The maximum absolute atomic E-state index is 14.3. The third-order valence-electron chi connectivity index (χ3n) is 4.58. The van der Waals surface area contributed by atoms with Crippen molar-refractivity contribution in [1.82, 2.24) is 14.9 Å². The minimum absolute atomic E-state index is 0.0630. The Hall–Kier alpha value is -3.10. The molecule has 0 radical (unpaired) electrons. The van der Waals surface area contributed by atoms with Crippen molar-refractivity contribution in [3.05, 3.63) is 36.4 Å². The summed E-state index contributed by atoms with van der Waals surface area (Å²) in [5.41, 5.74) is 1.04. The summed E-state index contributed by atoms with van der Waals surface area (Å²) in [6.07, 6.45) is 2.24. The van der Waals surface area contributed by atoms with Crippen molar-refractivity contribution in [3.8, 4) is 5.88 Å². The zero-order valence-electron chi connectivity index (χ0n) is 17.5. The average Bonchev–Trinajstić information content (AvgIpc) is 2.71. The number of carbonyl (C=O) groups excluding carboxylic acids is 1. The molecule has 2 aromatic rings. The second kappa shape index (κ2) is 10.1. The number of ether oxygens (including phenoxy) is 2. The van der Waals surface area contributed by atoms with Crippen LogP contribution in [-0.2, 0) is 4.74 Å². The summed E-state index contributed by atoms with van der Waals surface area (Å²) in [5.74, 6) is 0.462. The number of anilines is 3. The quantitative estimate of drug-likeness (QED) is 0.699. The number of carbonyl (C=O) groups is 1. The van der Waals surface area contributed by atoms with Crippen molar-refractivity contribution in [2.45, 2.75) is 45.8 Å². The Morgan fingerprint density at radius 3 is 2.70 bits per heavy atom.